The van der Waals surface area contributed by atoms with Crippen LogP contribution in [-0.2, 0) is 6.61 Å². The summed E-state index contributed by atoms with van der Waals surface area (Å²) in [5.74, 6) is 0.694. The number of aromatic amines is 1. The lowest BCUT2D eigenvalue weighted by atomic mass is 10.2. The molecule has 2 aromatic carbocycles. The van der Waals surface area contributed by atoms with Crippen molar-refractivity contribution in [3.05, 3.63) is 84.0 Å². The lowest BCUT2D eigenvalue weighted by molar-refractivity contribution is 0.309. The van der Waals surface area contributed by atoms with Crippen molar-refractivity contribution in [1.82, 2.24) is 4.98 Å². The average Bonchev–Trinajstić information content (AvgIpc) is 2.46. The van der Waals surface area contributed by atoms with Gasteiger partial charge in [0.25, 0.3) is 0 Å². The second kappa shape index (κ2) is 6.06. The van der Waals surface area contributed by atoms with Crippen molar-refractivity contribution in [2.24, 2.45) is 0 Å². The summed E-state index contributed by atoms with van der Waals surface area (Å²) in [5, 5.41) is 0.963. The maximum Gasteiger partial charge on any atom is 0.248 e. The molecule has 20 heavy (non-hydrogen) atoms. The summed E-state index contributed by atoms with van der Waals surface area (Å²) in [5.41, 5.74) is 1.71. The molecule has 1 heterocycles. The number of rotatable bonds is 3. The summed E-state index contributed by atoms with van der Waals surface area (Å²) in [7, 11) is 0. The molecule has 3 aromatic rings. The van der Waals surface area contributed by atoms with Crippen molar-refractivity contribution in [2.75, 3.05) is 0 Å². The van der Waals surface area contributed by atoms with Crippen LogP contribution < -0.4 is 10.3 Å². The van der Waals surface area contributed by atoms with E-state index in [1.165, 1.54) is 6.07 Å². The van der Waals surface area contributed by atoms with Crippen LogP contribution in [0.3, 0.4) is 0 Å². The van der Waals surface area contributed by atoms with Crippen molar-refractivity contribution < 1.29 is 4.74 Å². The van der Waals surface area contributed by atoms with Gasteiger partial charge in [-0.3, -0.25) is 4.79 Å². The molecule has 0 aliphatic heterocycles. The highest BCUT2D eigenvalue weighted by Crippen LogP contribution is 2.22. The van der Waals surface area contributed by atoms with Crippen LogP contribution in [0.4, 0.5) is 0 Å². The monoisotopic (exact) mass is 263 g/mol. The van der Waals surface area contributed by atoms with Gasteiger partial charge in [0.15, 0.2) is 0 Å². The van der Waals surface area contributed by atoms with Gasteiger partial charge >= 0.3 is 0 Å². The van der Waals surface area contributed by atoms with Crippen LogP contribution in [0.15, 0.2) is 65.5 Å². The summed E-state index contributed by atoms with van der Waals surface area (Å²) in [4.78, 5) is 14.2. The molecule has 0 spiro atoms. The number of hydrogen-bond donors (Lipinski definition) is 1. The van der Waals surface area contributed by atoms with E-state index in [0.29, 0.717) is 12.4 Å². The fourth-order valence-corrected chi connectivity index (χ4v) is 2.01. The molecule has 0 bridgehead atoms. The lowest BCUT2D eigenvalue weighted by Gasteiger charge is -2.08. The van der Waals surface area contributed by atoms with E-state index in [9.17, 15) is 4.79 Å². The lowest BCUT2D eigenvalue weighted by Crippen LogP contribution is -2.04. The summed E-state index contributed by atoms with van der Waals surface area (Å²) in [6.07, 6.45) is 0. The first-order valence-corrected chi connectivity index (χ1v) is 6.12. The molecule has 3 nitrogen and oxygen atoms in total. The van der Waals surface area contributed by atoms with Gasteiger partial charge in [-0.25, -0.2) is 0 Å². The molecule has 0 atom stereocenters. The number of H-pyrrole nitrogens is 1. The molecule has 0 amide bonds. The van der Waals surface area contributed by atoms with Crippen LogP contribution in [0.25, 0.3) is 10.9 Å². The Bertz CT molecular complexity index is 748. The van der Waals surface area contributed by atoms with Gasteiger partial charge in [-0.1, -0.05) is 42.5 Å². The van der Waals surface area contributed by atoms with Gasteiger partial charge in [0.2, 0.25) is 5.56 Å². The third kappa shape index (κ3) is 2.88. The van der Waals surface area contributed by atoms with Crippen LogP contribution in [-0.4, -0.2) is 4.98 Å². The first-order chi connectivity index (χ1) is 9.33. The number of aromatic nitrogens is 1. The minimum atomic E-state index is -0.122. The standard InChI is InChI=1S/C16H13NO2.C/c18-15-10-9-13-7-4-8-14(16(13)17-15)19-11-12-5-2-1-3-6-12;/h1-10H,11H2,(H,17,18);. The average molecular weight is 263 g/mol. The van der Waals surface area contributed by atoms with Crippen LogP contribution in [0.2, 0.25) is 0 Å². The largest absolute Gasteiger partial charge is 0.487 e. The Kier molecular flexibility index (Phi) is 4.20. The number of benzene rings is 2. The zero-order valence-corrected chi connectivity index (χ0v) is 10.8. The van der Waals surface area contributed by atoms with Crippen molar-refractivity contribution in [1.29, 1.82) is 0 Å². The predicted octanol–water partition coefficient (Wildman–Crippen LogP) is 3.19. The molecule has 3 heteroatoms. The van der Waals surface area contributed by atoms with E-state index in [1.54, 1.807) is 6.07 Å². The van der Waals surface area contributed by atoms with Crippen molar-refractivity contribution in [3.8, 4) is 5.75 Å². The van der Waals surface area contributed by atoms with Gasteiger partial charge < -0.3 is 9.72 Å². The zero-order valence-electron chi connectivity index (χ0n) is 10.8. The van der Waals surface area contributed by atoms with Gasteiger partial charge in [0.05, 0.1) is 5.52 Å². The molecule has 0 aliphatic rings. The van der Waals surface area contributed by atoms with E-state index in [1.807, 2.05) is 48.5 Å². The van der Waals surface area contributed by atoms with Gasteiger partial charge in [-0.2, -0.15) is 0 Å². The number of hydrogen-bond acceptors (Lipinski definition) is 2. The molecule has 98 valence electrons. The van der Waals surface area contributed by atoms with E-state index in [0.717, 1.165) is 16.5 Å². The zero-order chi connectivity index (χ0) is 13.1. The SMILES string of the molecule is O=c1ccc2cccc(OCc3ccccc3)c2[nH]1.[C]. The minimum absolute atomic E-state index is 0. The van der Waals surface area contributed by atoms with Gasteiger partial charge in [0.1, 0.15) is 12.4 Å². The third-order valence-corrected chi connectivity index (χ3v) is 2.96. The van der Waals surface area contributed by atoms with Crippen molar-refractivity contribution >= 4 is 10.9 Å². The van der Waals surface area contributed by atoms with Crippen LogP contribution in [0, 0.1) is 7.43 Å². The molecular weight excluding hydrogens is 250 g/mol. The van der Waals surface area contributed by atoms with Crippen LogP contribution in [0.1, 0.15) is 5.56 Å². The molecule has 0 saturated heterocycles. The maximum atomic E-state index is 11.4. The summed E-state index contributed by atoms with van der Waals surface area (Å²) < 4.78 is 5.79. The molecule has 0 aliphatic carbocycles. The molecule has 3 rings (SSSR count). The highest BCUT2D eigenvalue weighted by atomic mass is 16.5. The molecule has 1 aromatic heterocycles. The van der Waals surface area contributed by atoms with Crippen LogP contribution in [0.5, 0.6) is 5.75 Å². The van der Waals surface area contributed by atoms with Gasteiger partial charge in [0, 0.05) is 18.9 Å². The van der Waals surface area contributed by atoms with E-state index in [2.05, 4.69) is 4.98 Å². The smallest absolute Gasteiger partial charge is 0.248 e. The fourth-order valence-electron chi connectivity index (χ4n) is 2.01. The highest BCUT2D eigenvalue weighted by Gasteiger charge is 2.03. The van der Waals surface area contributed by atoms with E-state index < -0.39 is 0 Å². The second-order valence-electron chi connectivity index (χ2n) is 4.32. The van der Waals surface area contributed by atoms with Crippen molar-refractivity contribution in [3.63, 3.8) is 0 Å². The minimum Gasteiger partial charge on any atom is -0.487 e. The number of pyridine rings is 1. The van der Waals surface area contributed by atoms with E-state index >= 15 is 0 Å². The maximum absolute atomic E-state index is 11.4. The summed E-state index contributed by atoms with van der Waals surface area (Å²) in [6.45, 7) is 0.483. The Labute approximate surface area is 117 Å². The number of para-hydroxylation sites is 1. The van der Waals surface area contributed by atoms with E-state index in [-0.39, 0.29) is 13.0 Å². The molecule has 4 radical (unpaired) electrons. The Balaban J connectivity index is 0.00000147. The number of fused-ring (bicyclic) bond motifs is 1. The van der Waals surface area contributed by atoms with Crippen molar-refractivity contribution in [2.45, 2.75) is 6.61 Å². The first kappa shape index (κ1) is 13.9. The first-order valence-electron chi connectivity index (χ1n) is 6.12. The summed E-state index contributed by atoms with van der Waals surface area (Å²) >= 11 is 0. The third-order valence-electron chi connectivity index (χ3n) is 2.96. The quantitative estimate of drug-likeness (QED) is 0.788. The molecule has 0 unspecified atom stereocenters. The highest BCUT2D eigenvalue weighted by molar-refractivity contribution is 5.84. The molecular formula is C17H13NO2. The van der Waals surface area contributed by atoms with Crippen LogP contribution >= 0.6 is 0 Å². The molecule has 1 N–H and O–H groups in total. The Morgan fingerprint density at radius 2 is 1.70 bits per heavy atom. The fraction of sp³-hybridized carbons (Fsp3) is 0.0588. The topological polar surface area (TPSA) is 42.1 Å². The Hall–Kier alpha value is -2.55. The number of nitrogens with one attached hydrogen (secondary N) is 1. The molecule has 0 saturated carbocycles. The Morgan fingerprint density at radius 3 is 2.50 bits per heavy atom. The second-order valence-corrected chi connectivity index (χ2v) is 4.32. The van der Waals surface area contributed by atoms with Gasteiger partial charge in [-0.15, -0.1) is 0 Å². The predicted molar refractivity (Wildman–Crippen MR) is 78.6 cm³/mol. The number of ether oxygens (including phenoxy) is 1. The van der Waals surface area contributed by atoms with E-state index in [4.69, 9.17) is 4.74 Å². The molecule has 0 fully saturated rings. The summed E-state index contributed by atoms with van der Waals surface area (Å²) in [6, 6.07) is 19.0. The van der Waals surface area contributed by atoms with Gasteiger partial charge in [-0.05, 0) is 17.7 Å². The Morgan fingerprint density at radius 1 is 0.900 bits per heavy atom. The normalized spacial score (nSPS) is 10.0.